The van der Waals surface area contributed by atoms with Crippen LogP contribution in [-0.2, 0) is 23.3 Å². The Kier molecular flexibility index (Phi) is 4.25. The first-order valence-electron chi connectivity index (χ1n) is 6.95. The molecule has 0 saturated carbocycles. The number of carbonyl (C=O) groups excluding carboxylic acids is 1. The Hall–Kier alpha value is -2.82. The SMILES string of the molecule is O=C(NCc1cn(CCS(=O)(=O)F)nn1)c1n[nH]c2ccccc12. The van der Waals surface area contributed by atoms with Crippen molar-refractivity contribution in [2.45, 2.75) is 13.1 Å². The fraction of sp³-hybridized carbons (Fsp3) is 0.231. The number of amides is 1. The zero-order valence-electron chi connectivity index (χ0n) is 12.3. The molecular weight excluding hydrogens is 339 g/mol. The number of halogens is 1. The Morgan fingerprint density at radius 3 is 2.92 bits per heavy atom. The smallest absolute Gasteiger partial charge is 0.304 e. The average Bonchev–Trinajstić information content (AvgIpc) is 3.17. The number of fused-ring (bicyclic) bond motifs is 1. The molecule has 24 heavy (non-hydrogen) atoms. The molecule has 1 aromatic carbocycles. The maximum atomic E-state index is 12.5. The van der Waals surface area contributed by atoms with E-state index in [4.69, 9.17) is 0 Å². The second kappa shape index (κ2) is 6.35. The number of hydrogen-bond acceptors (Lipinski definition) is 6. The number of nitrogens with zero attached hydrogens (tertiary/aromatic N) is 4. The second-order valence-corrected chi connectivity index (χ2v) is 6.50. The molecule has 0 fully saturated rings. The van der Waals surface area contributed by atoms with E-state index in [0.717, 1.165) is 5.52 Å². The quantitative estimate of drug-likeness (QED) is 0.619. The first-order chi connectivity index (χ1) is 11.4. The van der Waals surface area contributed by atoms with Gasteiger partial charge >= 0.3 is 10.2 Å². The lowest BCUT2D eigenvalue weighted by Gasteiger charge is -2.00. The Bertz CT molecular complexity index is 980. The van der Waals surface area contributed by atoms with Gasteiger partial charge in [0.15, 0.2) is 5.69 Å². The monoisotopic (exact) mass is 352 g/mol. The van der Waals surface area contributed by atoms with Crippen LogP contribution < -0.4 is 5.32 Å². The van der Waals surface area contributed by atoms with Gasteiger partial charge in [-0.25, -0.2) is 0 Å². The van der Waals surface area contributed by atoms with Gasteiger partial charge in [0.05, 0.1) is 30.6 Å². The highest BCUT2D eigenvalue weighted by atomic mass is 32.3. The van der Waals surface area contributed by atoms with Crippen LogP contribution in [0.5, 0.6) is 0 Å². The van der Waals surface area contributed by atoms with Crippen molar-refractivity contribution in [1.29, 1.82) is 0 Å². The normalized spacial score (nSPS) is 11.7. The van der Waals surface area contributed by atoms with Gasteiger partial charge in [0.2, 0.25) is 0 Å². The Morgan fingerprint density at radius 1 is 1.33 bits per heavy atom. The van der Waals surface area contributed by atoms with Gasteiger partial charge < -0.3 is 5.32 Å². The van der Waals surface area contributed by atoms with Crippen LogP contribution in [0.4, 0.5) is 3.89 Å². The third-order valence-electron chi connectivity index (χ3n) is 3.27. The number of hydrogen-bond donors (Lipinski definition) is 2. The first kappa shape index (κ1) is 16.1. The largest absolute Gasteiger partial charge is 0.345 e. The van der Waals surface area contributed by atoms with Gasteiger partial charge in [-0.1, -0.05) is 23.4 Å². The molecule has 1 amide bonds. The van der Waals surface area contributed by atoms with Crippen molar-refractivity contribution in [2.75, 3.05) is 5.75 Å². The van der Waals surface area contributed by atoms with Crippen molar-refractivity contribution >= 4 is 27.0 Å². The highest BCUT2D eigenvalue weighted by molar-refractivity contribution is 7.86. The van der Waals surface area contributed by atoms with E-state index in [0.29, 0.717) is 11.1 Å². The number of para-hydroxylation sites is 1. The number of aryl methyl sites for hydroxylation is 1. The molecule has 0 atom stereocenters. The van der Waals surface area contributed by atoms with Crippen LogP contribution in [0, 0.1) is 0 Å². The van der Waals surface area contributed by atoms with Crippen molar-refractivity contribution in [3.05, 3.63) is 41.9 Å². The summed E-state index contributed by atoms with van der Waals surface area (Å²) in [5.74, 6) is -1.06. The molecule has 2 heterocycles. The van der Waals surface area contributed by atoms with Crippen LogP contribution in [0.15, 0.2) is 30.5 Å². The minimum absolute atomic E-state index is 0.0857. The number of carbonyl (C=O) groups is 1. The zero-order chi connectivity index (χ0) is 17.2. The lowest BCUT2D eigenvalue weighted by molar-refractivity contribution is 0.0947. The maximum absolute atomic E-state index is 12.5. The molecule has 0 bridgehead atoms. The standard InChI is InChI=1S/C13H13FN6O3S/c14-24(22,23)6-5-20-8-9(16-19-20)7-15-13(21)12-10-3-1-2-4-11(10)17-18-12/h1-4,8H,5-7H2,(H,15,21)(H,17,18). The van der Waals surface area contributed by atoms with Gasteiger partial charge in [0.1, 0.15) is 5.69 Å². The summed E-state index contributed by atoms with van der Waals surface area (Å²) in [6.45, 7) is -0.0633. The molecule has 0 aliphatic heterocycles. The van der Waals surface area contributed by atoms with Crippen molar-refractivity contribution in [2.24, 2.45) is 0 Å². The van der Waals surface area contributed by atoms with Crippen molar-refractivity contribution < 1.29 is 17.1 Å². The lowest BCUT2D eigenvalue weighted by Crippen LogP contribution is -2.23. The van der Waals surface area contributed by atoms with E-state index in [1.165, 1.54) is 10.9 Å². The number of aromatic amines is 1. The summed E-state index contributed by atoms with van der Waals surface area (Å²) in [4.78, 5) is 12.2. The highest BCUT2D eigenvalue weighted by Crippen LogP contribution is 2.14. The van der Waals surface area contributed by atoms with Crippen molar-refractivity contribution in [3.8, 4) is 0 Å². The minimum atomic E-state index is -4.56. The molecule has 3 rings (SSSR count). The summed E-state index contributed by atoms with van der Waals surface area (Å²) < 4.78 is 34.6. The minimum Gasteiger partial charge on any atom is -0.345 e. The van der Waals surface area contributed by atoms with Crippen LogP contribution in [0.3, 0.4) is 0 Å². The Morgan fingerprint density at radius 2 is 2.12 bits per heavy atom. The van der Waals surface area contributed by atoms with E-state index in [1.54, 1.807) is 12.1 Å². The maximum Gasteiger partial charge on any atom is 0.304 e. The number of aromatic nitrogens is 5. The molecular formula is C13H13FN6O3S. The van der Waals surface area contributed by atoms with Crippen LogP contribution in [0.2, 0.25) is 0 Å². The molecule has 0 saturated heterocycles. The van der Waals surface area contributed by atoms with E-state index in [2.05, 4.69) is 25.8 Å². The van der Waals surface area contributed by atoms with Gasteiger partial charge in [-0.2, -0.15) is 13.5 Å². The molecule has 0 radical (unpaired) electrons. The Balaban J connectivity index is 1.61. The average molecular weight is 352 g/mol. The van der Waals surface area contributed by atoms with Crippen LogP contribution >= 0.6 is 0 Å². The van der Waals surface area contributed by atoms with E-state index >= 15 is 0 Å². The van der Waals surface area contributed by atoms with Gasteiger partial charge in [-0.3, -0.25) is 14.6 Å². The summed E-state index contributed by atoms with van der Waals surface area (Å²) in [5, 5.41) is 17.6. The molecule has 9 nitrogen and oxygen atoms in total. The molecule has 0 unspecified atom stereocenters. The van der Waals surface area contributed by atoms with Crippen LogP contribution in [-0.4, -0.2) is 45.3 Å². The highest BCUT2D eigenvalue weighted by Gasteiger charge is 2.14. The summed E-state index contributed by atoms with van der Waals surface area (Å²) in [6, 6.07) is 7.22. The van der Waals surface area contributed by atoms with E-state index in [1.807, 2.05) is 12.1 Å². The lowest BCUT2D eigenvalue weighted by atomic mass is 10.2. The van der Waals surface area contributed by atoms with Crippen molar-refractivity contribution in [1.82, 2.24) is 30.5 Å². The van der Waals surface area contributed by atoms with Gasteiger partial charge in [0.25, 0.3) is 5.91 Å². The molecule has 0 aliphatic rings. The van der Waals surface area contributed by atoms with Crippen LogP contribution in [0.25, 0.3) is 10.9 Å². The summed E-state index contributed by atoms with van der Waals surface area (Å²) in [6.07, 6.45) is 1.44. The number of nitrogens with one attached hydrogen (secondary N) is 2. The summed E-state index contributed by atoms with van der Waals surface area (Å²) >= 11 is 0. The number of rotatable bonds is 6. The van der Waals surface area contributed by atoms with E-state index < -0.39 is 16.0 Å². The zero-order valence-corrected chi connectivity index (χ0v) is 13.1. The third kappa shape index (κ3) is 3.74. The van der Waals surface area contributed by atoms with Gasteiger partial charge in [0, 0.05) is 5.39 Å². The Labute approximate surface area is 136 Å². The van der Waals surface area contributed by atoms with E-state index in [-0.39, 0.29) is 24.7 Å². The van der Waals surface area contributed by atoms with Crippen molar-refractivity contribution in [3.63, 3.8) is 0 Å². The summed E-state index contributed by atoms with van der Waals surface area (Å²) in [7, 11) is -4.56. The predicted molar refractivity (Wildman–Crippen MR) is 82.2 cm³/mol. The fourth-order valence-electron chi connectivity index (χ4n) is 2.12. The predicted octanol–water partition coefficient (Wildman–Crippen LogP) is 0.384. The first-order valence-corrected chi connectivity index (χ1v) is 8.50. The molecule has 11 heteroatoms. The molecule has 0 spiro atoms. The molecule has 126 valence electrons. The van der Waals surface area contributed by atoms with E-state index in [9.17, 15) is 17.1 Å². The van der Waals surface area contributed by atoms with Crippen LogP contribution in [0.1, 0.15) is 16.2 Å². The third-order valence-corrected chi connectivity index (χ3v) is 3.94. The molecule has 3 aromatic rings. The summed E-state index contributed by atoms with van der Waals surface area (Å²) in [5.41, 5.74) is 1.43. The second-order valence-electron chi connectivity index (χ2n) is 5.02. The fourth-order valence-corrected chi connectivity index (χ4v) is 2.53. The molecule has 0 aliphatic carbocycles. The van der Waals surface area contributed by atoms with Gasteiger partial charge in [-0.15, -0.1) is 8.98 Å². The molecule has 2 N–H and O–H groups in total. The topological polar surface area (TPSA) is 123 Å². The number of benzene rings is 1. The number of H-pyrrole nitrogens is 1. The molecule has 2 aromatic heterocycles. The van der Waals surface area contributed by atoms with Gasteiger partial charge in [-0.05, 0) is 6.07 Å².